The van der Waals surface area contributed by atoms with Gasteiger partial charge in [-0.15, -0.1) is 0 Å². The fourth-order valence-electron chi connectivity index (χ4n) is 5.21. The number of phenols is 1. The second-order valence-corrected chi connectivity index (χ2v) is 11.7. The van der Waals surface area contributed by atoms with Gasteiger partial charge in [0.15, 0.2) is 0 Å². The van der Waals surface area contributed by atoms with Crippen LogP contribution in [0.4, 0.5) is 0 Å². The molecule has 1 N–H and O–H groups in total. The number of nitrogens with zero attached hydrogens (tertiary/aromatic N) is 6. The molecule has 2 aromatic heterocycles. The fraction of sp³-hybridized carbons (Fsp3) is 0.333. The first-order valence-electron chi connectivity index (χ1n) is 12.4. The molecular formula is C30H32N6O. The van der Waals surface area contributed by atoms with Gasteiger partial charge in [0.05, 0.1) is 11.4 Å². The molecule has 0 fully saturated rings. The summed E-state index contributed by atoms with van der Waals surface area (Å²) in [5.74, 6) is 0.190. The highest BCUT2D eigenvalue weighted by Gasteiger charge is 2.50. The zero-order valence-electron chi connectivity index (χ0n) is 22.1. The van der Waals surface area contributed by atoms with E-state index in [9.17, 15) is 5.11 Å². The molecule has 4 heterocycles. The highest BCUT2D eigenvalue weighted by molar-refractivity contribution is 6.12. The molecule has 5 rings (SSSR count). The predicted octanol–water partition coefficient (Wildman–Crippen LogP) is 5.79. The van der Waals surface area contributed by atoms with Gasteiger partial charge in [0.25, 0.3) is 0 Å². The average molecular weight is 493 g/mol. The van der Waals surface area contributed by atoms with Crippen LogP contribution in [-0.2, 0) is 11.1 Å². The van der Waals surface area contributed by atoms with Gasteiger partial charge in [0, 0.05) is 47.1 Å². The molecule has 2 unspecified atom stereocenters. The molecule has 0 bridgehead atoms. The lowest BCUT2D eigenvalue weighted by Gasteiger charge is -2.42. The number of benzene rings is 1. The van der Waals surface area contributed by atoms with Gasteiger partial charge >= 0.3 is 0 Å². The van der Waals surface area contributed by atoms with Gasteiger partial charge in [-0.3, -0.25) is 9.98 Å². The summed E-state index contributed by atoms with van der Waals surface area (Å²) in [6.07, 6.45) is 11.2. The predicted molar refractivity (Wildman–Crippen MR) is 147 cm³/mol. The molecule has 0 aliphatic carbocycles. The van der Waals surface area contributed by atoms with E-state index in [1.807, 2.05) is 54.9 Å². The number of rotatable bonds is 4. The molecule has 2 aliphatic heterocycles. The molecule has 0 saturated heterocycles. The van der Waals surface area contributed by atoms with E-state index in [4.69, 9.17) is 9.98 Å². The molecule has 7 heteroatoms. The first-order valence-corrected chi connectivity index (χ1v) is 12.4. The molecule has 1 aromatic carbocycles. The molecular weight excluding hydrogens is 460 g/mol. The van der Waals surface area contributed by atoms with Crippen molar-refractivity contribution in [2.75, 3.05) is 0 Å². The maximum absolute atomic E-state index is 12.0. The van der Waals surface area contributed by atoms with Crippen molar-refractivity contribution in [2.45, 2.75) is 52.6 Å². The van der Waals surface area contributed by atoms with Crippen molar-refractivity contribution in [1.29, 1.82) is 0 Å². The lowest BCUT2D eigenvalue weighted by molar-refractivity contribution is 0.231. The van der Waals surface area contributed by atoms with Gasteiger partial charge in [-0.25, -0.2) is 0 Å². The molecule has 0 spiro atoms. The van der Waals surface area contributed by atoms with Crippen molar-refractivity contribution in [3.05, 3.63) is 89.5 Å². The number of hydrogen-bond acceptors (Lipinski definition) is 7. The third kappa shape index (κ3) is 3.89. The SMILES string of the molecule is CC(C)(C)C1(c2cccc(C3(C(C)(C)C)C=C(c4cccnn4)C=N3)c2O)C=C(c2cccnn2)C=N1. The lowest BCUT2D eigenvalue weighted by Crippen LogP contribution is -2.38. The lowest BCUT2D eigenvalue weighted by atomic mass is 9.66. The summed E-state index contributed by atoms with van der Waals surface area (Å²) >= 11 is 0. The number of phenolic OH excluding ortho intramolecular Hbond substituents is 1. The van der Waals surface area contributed by atoms with E-state index in [1.54, 1.807) is 12.4 Å². The molecule has 37 heavy (non-hydrogen) atoms. The molecule has 0 radical (unpaired) electrons. The number of allylic oxidation sites excluding steroid dienone is 2. The van der Waals surface area contributed by atoms with Gasteiger partial charge in [-0.2, -0.15) is 20.4 Å². The average Bonchev–Trinajstić information content (AvgIpc) is 3.52. The van der Waals surface area contributed by atoms with Gasteiger partial charge < -0.3 is 5.11 Å². The van der Waals surface area contributed by atoms with Crippen LogP contribution in [0.25, 0.3) is 11.1 Å². The molecule has 2 atom stereocenters. The Morgan fingerprint density at radius 1 is 0.622 bits per heavy atom. The quantitative estimate of drug-likeness (QED) is 0.497. The van der Waals surface area contributed by atoms with Crippen LogP contribution in [0.1, 0.15) is 64.1 Å². The van der Waals surface area contributed by atoms with Crippen molar-refractivity contribution < 1.29 is 5.11 Å². The van der Waals surface area contributed by atoms with Gasteiger partial charge in [0.1, 0.15) is 16.8 Å². The first-order chi connectivity index (χ1) is 17.5. The Bertz CT molecular complexity index is 1340. The van der Waals surface area contributed by atoms with Crippen LogP contribution >= 0.6 is 0 Å². The molecule has 0 amide bonds. The third-order valence-corrected chi connectivity index (χ3v) is 7.42. The largest absolute Gasteiger partial charge is 0.507 e. The van der Waals surface area contributed by atoms with Crippen LogP contribution in [0, 0.1) is 10.8 Å². The van der Waals surface area contributed by atoms with Crippen molar-refractivity contribution in [2.24, 2.45) is 20.8 Å². The Labute approximate surface area is 217 Å². The van der Waals surface area contributed by atoms with E-state index in [0.717, 1.165) is 33.7 Å². The van der Waals surface area contributed by atoms with Crippen LogP contribution in [-0.4, -0.2) is 37.9 Å². The summed E-state index contributed by atoms with van der Waals surface area (Å²) in [4.78, 5) is 10.1. The summed E-state index contributed by atoms with van der Waals surface area (Å²) in [5.41, 5.74) is 2.39. The highest BCUT2D eigenvalue weighted by atomic mass is 16.3. The molecule has 7 nitrogen and oxygen atoms in total. The monoisotopic (exact) mass is 492 g/mol. The summed E-state index contributed by atoms with van der Waals surface area (Å²) in [6, 6.07) is 13.5. The van der Waals surface area contributed by atoms with Crippen LogP contribution in [0.2, 0.25) is 0 Å². The van der Waals surface area contributed by atoms with Crippen LogP contribution in [0.15, 0.2) is 77.0 Å². The second-order valence-electron chi connectivity index (χ2n) is 11.7. The third-order valence-electron chi connectivity index (χ3n) is 7.42. The van der Waals surface area contributed by atoms with Gasteiger partial charge in [0.2, 0.25) is 0 Å². The van der Waals surface area contributed by atoms with E-state index >= 15 is 0 Å². The minimum absolute atomic E-state index is 0.190. The maximum atomic E-state index is 12.0. The zero-order chi connectivity index (χ0) is 26.5. The van der Waals surface area contributed by atoms with Gasteiger partial charge in [-0.1, -0.05) is 59.7 Å². The molecule has 2 aliphatic rings. The summed E-state index contributed by atoms with van der Waals surface area (Å²) < 4.78 is 0. The minimum atomic E-state index is -0.807. The normalized spacial score (nSPS) is 23.3. The number of aliphatic imine (C=N–C) groups is 2. The number of aromatic nitrogens is 4. The Morgan fingerprint density at radius 2 is 1.05 bits per heavy atom. The van der Waals surface area contributed by atoms with Crippen LogP contribution in [0.3, 0.4) is 0 Å². The first kappa shape index (κ1) is 24.7. The maximum Gasteiger partial charge on any atom is 0.127 e. The zero-order valence-corrected chi connectivity index (χ0v) is 22.1. The van der Waals surface area contributed by atoms with E-state index in [0.29, 0.717) is 0 Å². The van der Waals surface area contributed by atoms with E-state index in [-0.39, 0.29) is 16.6 Å². The second kappa shape index (κ2) is 8.54. The Kier molecular flexibility index (Phi) is 5.70. The number of aromatic hydroxyl groups is 1. The smallest absolute Gasteiger partial charge is 0.127 e. The van der Waals surface area contributed by atoms with Crippen molar-refractivity contribution in [3.63, 3.8) is 0 Å². The van der Waals surface area contributed by atoms with Crippen LogP contribution < -0.4 is 0 Å². The topological polar surface area (TPSA) is 96.5 Å². The highest BCUT2D eigenvalue weighted by Crippen LogP contribution is 2.56. The molecule has 188 valence electrons. The Balaban J connectivity index is 1.70. The summed E-state index contributed by atoms with van der Waals surface area (Å²) in [7, 11) is 0. The summed E-state index contributed by atoms with van der Waals surface area (Å²) in [5, 5.41) is 28.6. The Morgan fingerprint density at radius 3 is 1.41 bits per heavy atom. The van der Waals surface area contributed by atoms with Crippen molar-refractivity contribution in [3.8, 4) is 5.75 Å². The summed E-state index contributed by atoms with van der Waals surface area (Å²) in [6.45, 7) is 12.8. The van der Waals surface area contributed by atoms with Crippen LogP contribution in [0.5, 0.6) is 5.75 Å². The van der Waals surface area contributed by atoms with Crippen molar-refractivity contribution >= 4 is 23.6 Å². The molecule has 3 aromatic rings. The van der Waals surface area contributed by atoms with E-state index in [1.165, 1.54) is 0 Å². The van der Waals surface area contributed by atoms with Crippen molar-refractivity contribution in [1.82, 2.24) is 20.4 Å². The Hall–Kier alpha value is -4.00. The standard InChI is InChI=1S/C30H32N6O/c1-27(2,3)29(16-20(18-31-29)24-12-8-14-33-35-24)22-10-7-11-23(26(22)37)30(28(4,5)6)17-21(19-32-30)25-13-9-15-34-36-25/h7-19,37H,1-6H3. The van der Waals surface area contributed by atoms with E-state index < -0.39 is 11.1 Å². The number of hydrogen-bond donors (Lipinski definition) is 1. The molecule has 0 saturated carbocycles. The van der Waals surface area contributed by atoms with Gasteiger partial charge in [-0.05, 0) is 47.2 Å². The number of para-hydroxylation sites is 1. The fourth-order valence-corrected chi connectivity index (χ4v) is 5.21. The van der Waals surface area contributed by atoms with E-state index in [2.05, 4.69) is 74.1 Å². The minimum Gasteiger partial charge on any atom is -0.507 e.